The normalized spacial score (nSPS) is 23.6. The molecule has 1 aliphatic heterocycles. The standard InChI is InChI=1S/C26H53BNO6PS/c1-4-5-6-7-8-9-10-11-12-13-14-15-16-19-24(36)28-20-17-18-22-25(34-35(29,30)32-3)23(21-31-2)33-26(22)27/h22-23,25-26H,4-21,27H2,1-3H3,(H,28,36)(H,29,30)/t22-,23+,25?,26+/m0/s1. The maximum atomic E-state index is 12.0. The van der Waals surface area contributed by atoms with Crippen LogP contribution < -0.4 is 5.32 Å². The van der Waals surface area contributed by atoms with Crippen LogP contribution in [0.15, 0.2) is 0 Å². The van der Waals surface area contributed by atoms with Crippen molar-refractivity contribution in [2.75, 3.05) is 27.4 Å². The quantitative estimate of drug-likeness (QED) is 0.0704. The Morgan fingerprint density at radius 1 is 0.972 bits per heavy atom. The minimum Gasteiger partial charge on any atom is -0.382 e. The van der Waals surface area contributed by atoms with E-state index in [-0.39, 0.29) is 11.9 Å². The van der Waals surface area contributed by atoms with E-state index in [2.05, 4.69) is 16.8 Å². The summed E-state index contributed by atoms with van der Waals surface area (Å²) in [6, 6.07) is -0.0928. The van der Waals surface area contributed by atoms with E-state index in [1.54, 1.807) is 7.11 Å². The molecule has 10 heteroatoms. The second-order valence-corrected chi connectivity index (χ2v) is 12.2. The van der Waals surface area contributed by atoms with Gasteiger partial charge in [0.1, 0.15) is 20.1 Å². The monoisotopic (exact) mass is 549 g/mol. The van der Waals surface area contributed by atoms with Gasteiger partial charge in [-0.2, -0.15) is 0 Å². The van der Waals surface area contributed by atoms with Crippen LogP contribution in [0.3, 0.4) is 0 Å². The van der Waals surface area contributed by atoms with Crippen LogP contribution in [0.25, 0.3) is 0 Å². The van der Waals surface area contributed by atoms with Crippen LogP contribution in [0, 0.1) is 5.92 Å². The van der Waals surface area contributed by atoms with E-state index in [1.807, 2.05) is 7.85 Å². The fraction of sp³-hybridized carbons (Fsp3) is 0.962. The maximum Gasteiger partial charge on any atom is 0.472 e. The molecule has 2 unspecified atom stereocenters. The van der Waals surface area contributed by atoms with Crippen LogP contribution in [-0.2, 0) is 23.1 Å². The van der Waals surface area contributed by atoms with Crippen LogP contribution >= 0.6 is 20.0 Å². The summed E-state index contributed by atoms with van der Waals surface area (Å²) in [6.45, 7) is 3.36. The molecule has 0 radical (unpaired) electrons. The third-order valence-electron chi connectivity index (χ3n) is 7.14. The minimum absolute atomic E-state index is 0.0165. The first-order valence-corrected chi connectivity index (χ1v) is 16.2. The van der Waals surface area contributed by atoms with E-state index in [0.717, 1.165) is 37.2 Å². The van der Waals surface area contributed by atoms with Crippen molar-refractivity contribution in [3.05, 3.63) is 0 Å². The van der Waals surface area contributed by atoms with Gasteiger partial charge in [-0.05, 0) is 25.7 Å². The van der Waals surface area contributed by atoms with Gasteiger partial charge in [-0.25, -0.2) is 4.57 Å². The van der Waals surface area contributed by atoms with E-state index in [9.17, 15) is 9.46 Å². The zero-order valence-electron chi connectivity index (χ0n) is 23.4. The number of phosphoric ester groups is 1. The molecule has 1 heterocycles. The SMILES string of the molecule is B[C@@H]1O[C@H](COC)C(OP(=O)(O)OC)[C@@H]1CCCNC(=S)CCCCCCCCCCCCCCC. The molecular formula is C26H53BNO6PS. The number of hydrogen-bond acceptors (Lipinski definition) is 6. The molecule has 2 N–H and O–H groups in total. The summed E-state index contributed by atoms with van der Waals surface area (Å²) in [4.78, 5) is 10.8. The predicted molar refractivity (Wildman–Crippen MR) is 154 cm³/mol. The summed E-state index contributed by atoms with van der Waals surface area (Å²) < 4.78 is 33.2. The Morgan fingerprint density at radius 3 is 2.06 bits per heavy atom. The Bertz CT molecular complexity index is 617. The Labute approximate surface area is 227 Å². The van der Waals surface area contributed by atoms with Gasteiger partial charge < -0.3 is 19.7 Å². The second kappa shape index (κ2) is 20.9. The molecule has 7 nitrogen and oxygen atoms in total. The lowest BCUT2D eigenvalue weighted by atomic mass is 9.82. The van der Waals surface area contributed by atoms with Crippen molar-refractivity contribution in [1.82, 2.24) is 5.32 Å². The summed E-state index contributed by atoms with van der Waals surface area (Å²) in [5.74, 6) is -0.0165. The van der Waals surface area contributed by atoms with Crippen molar-refractivity contribution in [1.29, 1.82) is 0 Å². The van der Waals surface area contributed by atoms with Gasteiger partial charge in [-0.1, -0.05) is 96.2 Å². The molecule has 1 fully saturated rings. The van der Waals surface area contributed by atoms with Crippen LogP contribution in [0.1, 0.15) is 110 Å². The second-order valence-electron chi connectivity index (χ2n) is 10.2. The van der Waals surface area contributed by atoms with Crippen LogP contribution in [0.5, 0.6) is 0 Å². The van der Waals surface area contributed by atoms with Crippen molar-refractivity contribution in [2.45, 2.75) is 128 Å². The zero-order valence-corrected chi connectivity index (χ0v) is 25.1. The van der Waals surface area contributed by atoms with E-state index in [1.165, 1.54) is 84.2 Å². The lowest BCUT2D eigenvalue weighted by Crippen LogP contribution is -2.33. The Morgan fingerprint density at radius 2 is 1.53 bits per heavy atom. The molecule has 0 bridgehead atoms. The van der Waals surface area contributed by atoms with E-state index in [0.29, 0.717) is 6.61 Å². The van der Waals surface area contributed by atoms with E-state index >= 15 is 0 Å². The molecule has 212 valence electrons. The van der Waals surface area contributed by atoms with Gasteiger partial charge in [-0.15, -0.1) is 0 Å². The summed E-state index contributed by atoms with van der Waals surface area (Å²) in [6.07, 6.45) is 19.2. The summed E-state index contributed by atoms with van der Waals surface area (Å²) in [5.41, 5.74) is 0. The first-order chi connectivity index (χ1) is 17.3. The lowest BCUT2D eigenvalue weighted by Gasteiger charge is -2.25. The molecular weight excluding hydrogens is 496 g/mol. The summed E-state index contributed by atoms with van der Waals surface area (Å²) in [7, 11) is 0.611. The zero-order chi connectivity index (χ0) is 26.7. The molecule has 0 saturated carbocycles. The molecule has 36 heavy (non-hydrogen) atoms. The smallest absolute Gasteiger partial charge is 0.382 e. The molecule has 0 amide bonds. The van der Waals surface area contributed by atoms with Gasteiger partial charge in [0, 0.05) is 32.7 Å². The Hall–Kier alpha value is -0.0151. The highest BCUT2D eigenvalue weighted by Gasteiger charge is 2.45. The highest BCUT2D eigenvalue weighted by Crippen LogP contribution is 2.48. The van der Waals surface area contributed by atoms with Crippen LogP contribution in [-0.4, -0.2) is 63.3 Å². The van der Waals surface area contributed by atoms with Crippen molar-refractivity contribution in [3.63, 3.8) is 0 Å². The Kier molecular flexibility index (Phi) is 19.7. The first-order valence-electron chi connectivity index (χ1n) is 14.3. The number of nitrogens with one attached hydrogen (secondary N) is 1. The topological polar surface area (TPSA) is 86.3 Å². The van der Waals surface area contributed by atoms with Crippen molar-refractivity contribution >= 4 is 32.9 Å². The average Bonchev–Trinajstić information content (AvgIpc) is 3.13. The van der Waals surface area contributed by atoms with Crippen molar-refractivity contribution < 1.29 is 28.0 Å². The van der Waals surface area contributed by atoms with Crippen molar-refractivity contribution in [3.8, 4) is 0 Å². The van der Waals surface area contributed by atoms with Gasteiger partial charge in [-0.3, -0.25) is 9.05 Å². The Balaban J connectivity index is 2.10. The molecule has 0 spiro atoms. The summed E-state index contributed by atoms with van der Waals surface area (Å²) >= 11 is 5.51. The largest absolute Gasteiger partial charge is 0.472 e. The number of methoxy groups -OCH3 is 1. The number of rotatable bonds is 23. The van der Waals surface area contributed by atoms with Gasteiger partial charge >= 0.3 is 7.82 Å². The number of unbranched alkanes of at least 4 members (excludes halogenated alkanes) is 12. The number of hydrogen-bond donors (Lipinski definition) is 2. The molecule has 0 aromatic rings. The average molecular weight is 550 g/mol. The van der Waals surface area contributed by atoms with Gasteiger partial charge in [0.05, 0.1) is 11.6 Å². The van der Waals surface area contributed by atoms with E-state index in [4.69, 9.17) is 26.2 Å². The van der Waals surface area contributed by atoms with Crippen molar-refractivity contribution in [2.24, 2.45) is 5.92 Å². The molecule has 1 saturated heterocycles. The highest BCUT2D eigenvalue weighted by atomic mass is 32.1. The third-order valence-corrected chi connectivity index (χ3v) is 8.46. The molecule has 0 aromatic carbocycles. The molecule has 0 aliphatic carbocycles. The number of thiocarbonyl (C=S) groups is 1. The molecule has 5 atom stereocenters. The number of phosphoric acid groups is 1. The van der Waals surface area contributed by atoms with E-state index < -0.39 is 20.0 Å². The van der Waals surface area contributed by atoms with Crippen LogP contribution in [0.4, 0.5) is 0 Å². The maximum absolute atomic E-state index is 12.0. The van der Waals surface area contributed by atoms with Crippen LogP contribution in [0.2, 0.25) is 0 Å². The minimum atomic E-state index is -4.11. The fourth-order valence-corrected chi connectivity index (χ4v) is 5.93. The van der Waals surface area contributed by atoms with Gasteiger partial charge in [0.2, 0.25) is 0 Å². The third kappa shape index (κ3) is 15.4. The molecule has 1 rings (SSSR count). The fourth-order valence-electron chi connectivity index (χ4n) is 4.99. The molecule has 0 aromatic heterocycles. The number of ether oxygens (including phenoxy) is 2. The molecule has 1 aliphatic rings. The predicted octanol–water partition coefficient (Wildman–Crippen LogP) is 5.92. The van der Waals surface area contributed by atoms with Gasteiger partial charge in [0.25, 0.3) is 0 Å². The highest BCUT2D eigenvalue weighted by molar-refractivity contribution is 7.80. The first kappa shape index (κ1) is 34.0. The summed E-state index contributed by atoms with van der Waals surface area (Å²) in [5, 5.41) is 3.37. The lowest BCUT2D eigenvalue weighted by molar-refractivity contribution is -0.0193. The van der Waals surface area contributed by atoms with Gasteiger partial charge in [0.15, 0.2) is 0 Å².